The molecule has 3 aromatic rings. The maximum atomic E-state index is 12.3. The number of imidazole rings is 1. The van der Waals surface area contributed by atoms with Gasteiger partial charge in [0.1, 0.15) is 11.6 Å². The van der Waals surface area contributed by atoms with E-state index in [0.717, 1.165) is 33.7 Å². The quantitative estimate of drug-likeness (QED) is 0.647. The lowest BCUT2D eigenvalue weighted by Crippen LogP contribution is -2.26. The third kappa shape index (κ3) is 4.67. The Bertz CT molecular complexity index is 930. The Morgan fingerprint density at radius 3 is 2.74 bits per heavy atom. The summed E-state index contributed by atoms with van der Waals surface area (Å²) < 4.78 is 5.25. The molecule has 27 heavy (non-hydrogen) atoms. The molecular formula is C22H27N3O2. The van der Waals surface area contributed by atoms with Gasteiger partial charge in [-0.05, 0) is 48.7 Å². The van der Waals surface area contributed by atoms with Crippen molar-refractivity contribution < 1.29 is 9.53 Å². The number of H-pyrrole nitrogens is 1. The topological polar surface area (TPSA) is 67.0 Å². The van der Waals surface area contributed by atoms with Gasteiger partial charge in [-0.15, -0.1) is 0 Å². The molecule has 142 valence electrons. The van der Waals surface area contributed by atoms with Crippen molar-refractivity contribution in [3.8, 4) is 5.75 Å². The molecule has 5 nitrogen and oxygen atoms in total. The zero-order chi connectivity index (χ0) is 19.4. The first kappa shape index (κ1) is 19.0. The van der Waals surface area contributed by atoms with Crippen molar-refractivity contribution in [1.82, 2.24) is 15.3 Å². The summed E-state index contributed by atoms with van der Waals surface area (Å²) in [5, 5.41) is 3.06. The summed E-state index contributed by atoms with van der Waals surface area (Å²) in [7, 11) is 1.64. The van der Waals surface area contributed by atoms with Crippen LogP contribution in [0, 0.1) is 0 Å². The van der Waals surface area contributed by atoms with Gasteiger partial charge in [-0.25, -0.2) is 4.98 Å². The summed E-state index contributed by atoms with van der Waals surface area (Å²) in [4.78, 5) is 20.3. The van der Waals surface area contributed by atoms with E-state index in [1.165, 1.54) is 0 Å². The molecule has 2 aromatic carbocycles. The van der Waals surface area contributed by atoms with Crippen LogP contribution in [0.5, 0.6) is 5.75 Å². The molecule has 0 aliphatic carbocycles. The average molecular weight is 365 g/mol. The second kappa shape index (κ2) is 8.25. The van der Waals surface area contributed by atoms with Crippen molar-refractivity contribution >= 4 is 16.9 Å². The number of methoxy groups -OCH3 is 1. The highest BCUT2D eigenvalue weighted by Crippen LogP contribution is 2.20. The van der Waals surface area contributed by atoms with E-state index in [1.54, 1.807) is 7.11 Å². The van der Waals surface area contributed by atoms with E-state index in [2.05, 4.69) is 35.2 Å². The molecule has 1 atom stereocenters. The number of amides is 1. The number of nitrogens with one attached hydrogen (secondary N) is 2. The van der Waals surface area contributed by atoms with E-state index in [-0.39, 0.29) is 11.9 Å². The van der Waals surface area contributed by atoms with Crippen LogP contribution in [-0.2, 0) is 11.2 Å². The average Bonchev–Trinajstić information content (AvgIpc) is 3.10. The van der Waals surface area contributed by atoms with Gasteiger partial charge in [-0.2, -0.15) is 0 Å². The standard InChI is InChI=1S/C22H27N3O2/c1-14(2)22-24-19-10-8-16(12-20(19)25-22)9-11-21(26)23-15(3)17-6-5-7-18(13-17)27-4/h5-8,10,12-15H,9,11H2,1-4H3,(H,23,26)(H,24,25). The summed E-state index contributed by atoms with van der Waals surface area (Å²) in [6.07, 6.45) is 1.15. The van der Waals surface area contributed by atoms with Crippen molar-refractivity contribution in [2.75, 3.05) is 7.11 Å². The first-order chi connectivity index (χ1) is 13.0. The fourth-order valence-corrected chi connectivity index (χ4v) is 3.07. The first-order valence-corrected chi connectivity index (χ1v) is 9.38. The lowest BCUT2D eigenvalue weighted by atomic mass is 10.1. The van der Waals surface area contributed by atoms with Gasteiger partial charge in [0, 0.05) is 12.3 Å². The number of nitrogens with zero attached hydrogens (tertiary/aromatic N) is 1. The van der Waals surface area contributed by atoms with E-state index in [1.807, 2.05) is 43.3 Å². The highest BCUT2D eigenvalue weighted by molar-refractivity contribution is 5.78. The van der Waals surface area contributed by atoms with E-state index in [4.69, 9.17) is 4.74 Å². The maximum Gasteiger partial charge on any atom is 0.220 e. The SMILES string of the molecule is COc1cccc(C(C)NC(=O)CCc2ccc3nc(C(C)C)[nH]c3c2)c1. The molecule has 0 spiro atoms. The summed E-state index contributed by atoms with van der Waals surface area (Å²) in [5.41, 5.74) is 4.16. The smallest absolute Gasteiger partial charge is 0.220 e. The molecular weight excluding hydrogens is 338 g/mol. The highest BCUT2D eigenvalue weighted by Gasteiger charge is 2.11. The van der Waals surface area contributed by atoms with Crippen LogP contribution in [0.15, 0.2) is 42.5 Å². The number of ether oxygens (including phenoxy) is 1. The molecule has 0 aliphatic rings. The van der Waals surface area contributed by atoms with Crippen LogP contribution in [-0.4, -0.2) is 23.0 Å². The Kier molecular flexibility index (Phi) is 5.79. The van der Waals surface area contributed by atoms with Gasteiger partial charge in [0.25, 0.3) is 0 Å². The zero-order valence-electron chi connectivity index (χ0n) is 16.4. The van der Waals surface area contributed by atoms with Crippen molar-refractivity contribution in [3.63, 3.8) is 0 Å². The number of benzene rings is 2. The zero-order valence-corrected chi connectivity index (χ0v) is 16.4. The van der Waals surface area contributed by atoms with Gasteiger partial charge in [0.2, 0.25) is 5.91 Å². The van der Waals surface area contributed by atoms with Crippen LogP contribution in [0.2, 0.25) is 0 Å². The lowest BCUT2D eigenvalue weighted by Gasteiger charge is -2.15. The number of aryl methyl sites for hydroxylation is 1. The molecule has 2 N–H and O–H groups in total. The number of carbonyl (C=O) groups excluding carboxylic acids is 1. The molecule has 1 heterocycles. The Hall–Kier alpha value is -2.82. The van der Waals surface area contributed by atoms with E-state index < -0.39 is 0 Å². The van der Waals surface area contributed by atoms with Crippen molar-refractivity contribution in [2.45, 2.75) is 45.6 Å². The van der Waals surface area contributed by atoms with Gasteiger partial charge < -0.3 is 15.0 Å². The predicted molar refractivity (Wildman–Crippen MR) is 108 cm³/mol. The number of fused-ring (bicyclic) bond motifs is 1. The minimum atomic E-state index is -0.0590. The molecule has 1 aromatic heterocycles. The van der Waals surface area contributed by atoms with Gasteiger partial charge in [-0.3, -0.25) is 4.79 Å². The molecule has 0 bridgehead atoms. The van der Waals surface area contributed by atoms with Gasteiger partial charge in [0.15, 0.2) is 0 Å². The summed E-state index contributed by atoms with van der Waals surface area (Å²) in [6, 6.07) is 13.9. The van der Waals surface area contributed by atoms with E-state index in [9.17, 15) is 4.79 Å². The van der Waals surface area contributed by atoms with Crippen LogP contribution >= 0.6 is 0 Å². The monoisotopic (exact) mass is 365 g/mol. The third-order valence-corrected chi connectivity index (χ3v) is 4.72. The van der Waals surface area contributed by atoms with E-state index >= 15 is 0 Å². The van der Waals surface area contributed by atoms with Crippen LogP contribution < -0.4 is 10.1 Å². The number of aromatic nitrogens is 2. The Morgan fingerprint density at radius 2 is 2.00 bits per heavy atom. The minimum absolute atomic E-state index is 0.0397. The van der Waals surface area contributed by atoms with Crippen molar-refractivity contribution in [1.29, 1.82) is 0 Å². The number of hydrogen-bond acceptors (Lipinski definition) is 3. The molecule has 3 rings (SSSR count). The normalized spacial score (nSPS) is 12.3. The van der Waals surface area contributed by atoms with Crippen LogP contribution in [0.4, 0.5) is 0 Å². The van der Waals surface area contributed by atoms with Crippen LogP contribution in [0.1, 0.15) is 56.1 Å². The van der Waals surface area contributed by atoms with Crippen molar-refractivity contribution in [2.24, 2.45) is 0 Å². The highest BCUT2D eigenvalue weighted by atomic mass is 16.5. The first-order valence-electron chi connectivity index (χ1n) is 9.38. The summed E-state index contributed by atoms with van der Waals surface area (Å²) >= 11 is 0. The lowest BCUT2D eigenvalue weighted by molar-refractivity contribution is -0.121. The molecule has 1 unspecified atom stereocenters. The Morgan fingerprint density at radius 1 is 1.19 bits per heavy atom. The molecule has 0 radical (unpaired) electrons. The molecule has 0 aliphatic heterocycles. The Labute approximate surface area is 160 Å². The summed E-state index contributed by atoms with van der Waals surface area (Å²) in [5.74, 6) is 2.19. The number of rotatable bonds is 7. The molecule has 0 saturated heterocycles. The second-order valence-corrected chi connectivity index (χ2v) is 7.19. The molecule has 0 saturated carbocycles. The largest absolute Gasteiger partial charge is 0.497 e. The van der Waals surface area contributed by atoms with Crippen molar-refractivity contribution in [3.05, 3.63) is 59.4 Å². The van der Waals surface area contributed by atoms with Gasteiger partial charge in [0.05, 0.1) is 24.2 Å². The Balaban J connectivity index is 1.59. The van der Waals surface area contributed by atoms with Gasteiger partial charge >= 0.3 is 0 Å². The fraction of sp³-hybridized carbons (Fsp3) is 0.364. The number of carbonyl (C=O) groups is 1. The fourth-order valence-electron chi connectivity index (χ4n) is 3.07. The number of aromatic amines is 1. The number of hydrogen-bond donors (Lipinski definition) is 2. The third-order valence-electron chi connectivity index (χ3n) is 4.72. The molecule has 1 amide bonds. The van der Waals surface area contributed by atoms with Crippen LogP contribution in [0.25, 0.3) is 11.0 Å². The molecule has 5 heteroatoms. The van der Waals surface area contributed by atoms with Gasteiger partial charge in [-0.1, -0.05) is 32.0 Å². The van der Waals surface area contributed by atoms with Crippen LogP contribution in [0.3, 0.4) is 0 Å². The van der Waals surface area contributed by atoms with E-state index in [0.29, 0.717) is 18.8 Å². The summed E-state index contributed by atoms with van der Waals surface area (Å²) in [6.45, 7) is 6.22. The molecule has 0 fully saturated rings. The maximum absolute atomic E-state index is 12.3. The predicted octanol–water partition coefficient (Wildman–Crippen LogP) is 4.50. The second-order valence-electron chi connectivity index (χ2n) is 7.19. The minimum Gasteiger partial charge on any atom is -0.497 e.